The van der Waals surface area contributed by atoms with Crippen molar-refractivity contribution in [2.45, 2.75) is 13.3 Å². The molecule has 3 N–H and O–H groups in total. The van der Waals surface area contributed by atoms with E-state index in [1.54, 1.807) is 13.1 Å². The maximum atomic E-state index is 5.63. The van der Waals surface area contributed by atoms with Crippen LogP contribution >= 0.6 is 0 Å². The van der Waals surface area contributed by atoms with Gasteiger partial charge < -0.3 is 20.5 Å². The lowest BCUT2D eigenvalue weighted by atomic mass is 10.3. The molecule has 2 aromatic rings. The SMILES string of the molecule is CCCOc1ccc(Oc2cc(NC)nc(N)n2)cc1. The van der Waals surface area contributed by atoms with Gasteiger partial charge in [-0.2, -0.15) is 9.97 Å². The van der Waals surface area contributed by atoms with Crippen LogP contribution in [0.25, 0.3) is 0 Å². The number of nitrogens with zero attached hydrogens (tertiary/aromatic N) is 2. The summed E-state index contributed by atoms with van der Waals surface area (Å²) in [7, 11) is 1.76. The van der Waals surface area contributed by atoms with Gasteiger partial charge in [-0.25, -0.2) is 0 Å². The summed E-state index contributed by atoms with van der Waals surface area (Å²) in [4.78, 5) is 8.02. The van der Waals surface area contributed by atoms with Gasteiger partial charge in [0.25, 0.3) is 0 Å². The van der Waals surface area contributed by atoms with Gasteiger partial charge in [0.05, 0.1) is 6.61 Å². The number of benzene rings is 1. The maximum absolute atomic E-state index is 5.63. The number of aromatic nitrogens is 2. The Bertz CT molecular complexity index is 558. The topological polar surface area (TPSA) is 82.3 Å². The Morgan fingerprint density at radius 2 is 1.85 bits per heavy atom. The average molecular weight is 274 g/mol. The zero-order valence-electron chi connectivity index (χ0n) is 11.6. The normalized spacial score (nSPS) is 10.1. The summed E-state index contributed by atoms with van der Waals surface area (Å²) < 4.78 is 11.1. The molecule has 0 radical (unpaired) electrons. The molecule has 0 saturated carbocycles. The van der Waals surface area contributed by atoms with Gasteiger partial charge in [-0.3, -0.25) is 0 Å². The molecule has 1 aromatic carbocycles. The van der Waals surface area contributed by atoms with Crippen molar-refractivity contribution >= 4 is 11.8 Å². The number of hydrogen-bond donors (Lipinski definition) is 2. The van der Waals surface area contributed by atoms with Gasteiger partial charge in [-0.15, -0.1) is 0 Å². The smallest absolute Gasteiger partial charge is 0.226 e. The maximum Gasteiger partial charge on any atom is 0.226 e. The predicted molar refractivity (Wildman–Crippen MR) is 78.3 cm³/mol. The van der Waals surface area contributed by atoms with Crippen molar-refractivity contribution in [1.82, 2.24) is 9.97 Å². The van der Waals surface area contributed by atoms with Crippen LogP contribution in [0.1, 0.15) is 13.3 Å². The van der Waals surface area contributed by atoms with Crippen molar-refractivity contribution in [2.75, 3.05) is 24.7 Å². The molecule has 6 nitrogen and oxygen atoms in total. The van der Waals surface area contributed by atoms with Crippen LogP contribution in [0.3, 0.4) is 0 Å². The standard InChI is InChI=1S/C14H18N4O2/c1-3-8-19-10-4-6-11(7-5-10)20-13-9-12(16-2)17-14(15)18-13/h4-7,9H,3,8H2,1-2H3,(H3,15,16,17,18). The van der Waals surface area contributed by atoms with Gasteiger partial charge in [0, 0.05) is 13.1 Å². The van der Waals surface area contributed by atoms with Crippen LogP contribution in [-0.2, 0) is 0 Å². The summed E-state index contributed by atoms with van der Waals surface area (Å²) >= 11 is 0. The van der Waals surface area contributed by atoms with E-state index in [0.29, 0.717) is 24.1 Å². The van der Waals surface area contributed by atoms with E-state index in [1.165, 1.54) is 0 Å². The van der Waals surface area contributed by atoms with Gasteiger partial charge in [-0.05, 0) is 30.7 Å². The number of rotatable bonds is 6. The molecule has 0 unspecified atom stereocenters. The minimum Gasteiger partial charge on any atom is -0.494 e. The second-order valence-electron chi connectivity index (χ2n) is 4.12. The number of anilines is 2. The lowest BCUT2D eigenvalue weighted by Gasteiger charge is -2.08. The summed E-state index contributed by atoms with van der Waals surface area (Å²) in [5.74, 6) is 2.64. The quantitative estimate of drug-likeness (QED) is 0.842. The molecule has 1 heterocycles. The molecule has 0 aliphatic rings. The predicted octanol–water partition coefficient (Wildman–Crippen LogP) is 2.68. The molecule has 106 valence electrons. The van der Waals surface area contributed by atoms with Crippen LogP contribution in [0.15, 0.2) is 30.3 Å². The van der Waals surface area contributed by atoms with Crippen LogP contribution < -0.4 is 20.5 Å². The first-order valence-corrected chi connectivity index (χ1v) is 6.44. The first-order valence-electron chi connectivity index (χ1n) is 6.44. The molecular formula is C14H18N4O2. The third-order valence-electron chi connectivity index (χ3n) is 2.50. The highest BCUT2D eigenvalue weighted by Gasteiger charge is 2.04. The summed E-state index contributed by atoms with van der Waals surface area (Å²) in [6.07, 6.45) is 0.977. The molecule has 0 aliphatic carbocycles. The van der Waals surface area contributed by atoms with E-state index >= 15 is 0 Å². The molecule has 2 rings (SSSR count). The highest BCUT2D eigenvalue weighted by Crippen LogP contribution is 2.24. The summed E-state index contributed by atoms with van der Waals surface area (Å²) in [5, 5.41) is 2.90. The van der Waals surface area contributed by atoms with Gasteiger partial charge in [0.2, 0.25) is 11.8 Å². The number of ether oxygens (including phenoxy) is 2. The Labute approximate surface area is 118 Å². The van der Waals surface area contributed by atoms with E-state index in [4.69, 9.17) is 15.2 Å². The van der Waals surface area contributed by atoms with Crippen LogP contribution in [0.5, 0.6) is 17.4 Å². The molecule has 0 fully saturated rings. The molecular weight excluding hydrogens is 256 g/mol. The number of hydrogen-bond acceptors (Lipinski definition) is 6. The summed E-state index contributed by atoms with van der Waals surface area (Å²) in [5.41, 5.74) is 5.61. The molecule has 0 spiro atoms. The van der Waals surface area contributed by atoms with Crippen molar-refractivity contribution in [3.8, 4) is 17.4 Å². The van der Waals surface area contributed by atoms with Gasteiger partial charge >= 0.3 is 0 Å². The lowest BCUT2D eigenvalue weighted by molar-refractivity contribution is 0.317. The highest BCUT2D eigenvalue weighted by atomic mass is 16.5. The Morgan fingerprint density at radius 3 is 2.50 bits per heavy atom. The van der Waals surface area contributed by atoms with Crippen LogP contribution in [0, 0.1) is 0 Å². The lowest BCUT2D eigenvalue weighted by Crippen LogP contribution is -2.01. The Morgan fingerprint density at radius 1 is 1.15 bits per heavy atom. The van der Waals surface area contributed by atoms with E-state index in [-0.39, 0.29) is 5.95 Å². The van der Waals surface area contributed by atoms with E-state index in [1.807, 2.05) is 24.3 Å². The minimum absolute atomic E-state index is 0.162. The number of nitrogen functional groups attached to an aromatic ring is 1. The van der Waals surface area contributed by atoms with E-state index < -0.39 is 0 Å². The average Bonchev–Trinajstić information content (AvgIpc) is 2.46. The Kier molecular flexibility index (Phi) is 4.60. The number of nitrogens with two attached hydrogens (primary N) is 1. The summed E-state index contributed by atoms with van der Waals surface area (Å²) in [6.45, 7) is 2.77. The second kappa shape index (κ2) is 6.60. The molecule has 20 heavy (non-hydrogen) atoms. The Hall–Kier alpha value is -2.50. The van der Waals surface area contributed by atoms with E-state index in [0.717, 1.165) is 12.2 Å². The third-order valence-corrected chi connectivity index (χ3v) is 2.50. The van der Waals surface area contributed by atoms with Crippen molar-refractivity contribution in [3.63, 3.8) is 0 Å². The largest absolute Gasteiger partial charge is 0.494 e. The highest BCUT2D eigenvalue weighted by molar-refractivity contribution is 5.43. The third kappa shape index (κ3) is 3.74. The molecule has 6 heteroatoms. The molecule has 0 saturated heterocycles. The van der Waals surface area contributed by atoms with E-state index in [9.17, 15) is 0 Å². The zero-order chi connectivity index (χ0) is 14.4. The van der Waals surface area contributed by atoms with Crippen molar-refractivity contribution in [1.29, 1.82) is 0 Å². The van der Waals surface area contributed by atoms with Gasteiger partial charge in [0.15, 0.2) is 0 Å². The first kappa shape index (κ1) is 13.9. The van der Waals surface area contributed by atoms with Crippen LogP contribution in [0.4, 0.5) is 11.8 Å². The molecule has 1 aromatic heterocycles. The Balaban J connectivity index is 2.07. The van der Waals surface area contributed by atoms with Crippen molar-refractivity contribution in [2.24, 2.45) is 0 Å². The molecule has 0 bridgehead atoms. The van der Waals surface area contributed by atoms with Crippen molar-refractivity contribution < 1.29 is 9.47 Å². The summed E-state index contributed by atoms with van der Waals surface area (Å²) in [6, 6.07) is 9.03. The fourth-order valence-corrected chi connectivity index (χ4v) is 1.57. The van der Waals surface area contributed by atoms with Gasteiger partial charge in [-0.1, -0.05) is 6.92 Å². The van der Waals surface area contributed by atoms with Crippen molar-refractivity contribution in [3.05, 3.63) is 30.3 Å². The fourth-order valence-electron chi connectivity index (χ4n) is 1.57. The zero-order valence-corrected chi connectivity index (χ0v) is 11.6. The van der Waals surface area contributed by atoms with Gasteiger partial charge in [0.1, 0.15) is 17.3 Å². The first-order chi connectivity index (χ1) is 9.71. The minimum atomic E-state index is 0.162. The van der Waals surface area contributed by atoms with E-state index in [2.05, 4.69) is 22.2 Å². The second-order valence-corrected chi connectivity index (χ2v) is 4.12. The molecule has 0 aliphatic heterocycles. The van der Waals surface area contributed by atoms with Crippen LogP contribution in [-0.4, -0.2) is 23.6 Å². The fraction of sp³-hybridized carbons (Fsp3) is 0.286. The number of nitrogens with one attached hydrogen (secondary N) is 1. The van der Waals surface area contributed by atoms with Crippen LogP contribution in [0.2, 0.25) is 0 Å². The molecule has 0 amide bonds. The molecule has 0 atom stereocenters. The monoisotopic (exact) mass is 274 g/mol.